The average Bonchev–Trinajstić information content (AvgIpc) is 2.49. The molecule has 0 saturated carbocycles. The molecule has 2 amide bonds. The monoisotopic (exact) mass is 317 g/mol. The van der Waals surface area contributed by atoms with Crippen LogP contribution in [0.15, 0.2) is 29.4 Å². The molecular formula is C17H23N3O3. The van der Waals surface area contributed by atoms with Crippen LogP contribution < -0.4 is 10.1 Å². The second kappa shape index (κ2) is 7.26. The molecule has 0 aromatic heterocycles. The predicted octanol–water partition coefficient (Wildman–Crippen LogP) is 2.26. The van der Waals surface area contributed by atoms with Crippen molar-refractivity contribution in [3.8, 4) is 5.75 Å². The first-order chi connectivity index (χ1) is 10.9. The summed E-state index contributed by atoms with van der Waals surface area (Å²) in [5, 5.41) is 8.19. The highest BCUT2D eigenvalue weighted by Gasteiger charge is 2.23. The van der Waals surface area contributed by atoms with E-state index in [9.17, 15) is 9.59 Å². The molecule has 1 aromatic rings. The lowest BCUT2D eigenvalue weighted by molar-refractivity contribution is -0.130. The van der Waals surface area contributed by atoms with Crippen molar-refractivity contribution in [2.45, 2.75) is 45.8 Å². The van der Waals surface area contributed by atoms with Crippen LogP contribution in [0.25, 0.3) is 0 Å². The number of rotatable bonds is 5. The molecule has 1 atom stereocenters. The predicted molar refractivity (Wildman–Crippen MR) is 88.2 cm³/mol. The molecule has 0 fully saturated rings. The summed E-state index contributed by atoms with van der Waals surface area (Å²) in [7, 11) is 1.56. The molecule has 1 heterocycles. The Morgan fingerprint density at radius 1 is 1.26 bits per heavy atom. The molecular weight excluding hydrogens is 294 g/mol. The van der Waals surface area contributed by atoms with Crippen molar-refractivity contribution in [2.24, 2.45) is 5.10 Å². The number of nitrogens with one attached hydrogen (secondary N) is 1. The zero-order valence-electron chi connectivity index (χ0n) is 14.0. The first-order valence-corrected chi connectivity index (χ1v) is 7.79. The third kappa shape index (κ3) is 4.31. The summed E-state index contributed by atoms with van der Waals surface area (Å²) in [5.41, 5.74) is 1.29. The Morgan fingerprint density at radius 3 is 2.61 bits per heavy atom. The number of para-hydroxylation sites is 1. The number of benzene rings is 1. The smallest absolute Gasteiger partial charge is 0.267 e. The molecule has 6 heteroatoms. The first-order valence-electron chi connectivity index (χ1n) is 7.79. The molecule has 1 aliphatic rings. The van der Waals surface area contributed by atoms with E-state index < -0.39 is 0 Å². The molecule has 6 nitrogen and oxygen atoms in total. The summed E-state index contributed by atoms with van der Waals surface area (Å²) in [6.45, 7) is 5.83. The quantitative estimate of drug-likeness (QED) is 0.905. The van der Waals surface area contributed by atoms with Gasteiger partial charge in [-0.1, -0.05) is 18.2 Å². The lowest BCUT2D eigenvalue weighted by Crippen LogP contribution is -2.38. The summed E-state index contributed by atoms with van der Waals surface area (Å²) >= 11 is 0. The largest absolute Gasteiger partial charge is 0.491 e. The van der Waals surface area contributed by atoms with Crippen LogP contribution in [0.3, 0.4) is 0 Å². The number of amides is 2. The van der Waals surface area contributed by atoms with E-state index in [-0.39, 0.29) is 24.0 Å². The highest BCUT2D eigenvalue weighted by molar-refractivity contribution is 6.39. The highest BCUT2D eigenvalue weighted by atomic mass is 16.5. The SMILES string of the molecule is CC(C)Oc1ccccc1[C@H](C)NC(=O)C1=NN(C)C(=O)CC1. The van der Waals surface area contributed by atoms with Crippen LogP contribution in [0.1, 0.15) is 45.2 Å². The number of hydrogen-bond donors (Lipinski definition) is 1. The van der Waals surface area contributed by atoms with E-state index in [1.165, 1.54) is 5.01 Å². The van der Waals surface area contributed by atoms with Gasteiger partial charge in [-0.3, -0.25) is 9.59 Å². The van der Waals surface area contributed by atoms with Crippen molar-refractivity contribution in [1.82, 2.24) is 10.3 Å². The zero-order valence-corrected chi connectivity index (χ0v) is 14.0. The summed E-state index contributed by atoms with van der Waals surface area (Å²) in [6.07, 6.45) is 0.734. The maximum Gasteiger partial charge on any atom is 0.267 e. The van der Waals surface area contributed by atoms with Gasteiger partial charge in [0.15, 0.2) is 0 Å². The standard InChI is InChI=1S/C17H23N3O3/c1-11(2)23-15-8-6-5-7-13(15)12(3)18-17(22)14-9-10-16(21)20(4)19-14/h5-8,11-12H,9-10H2,1-4H3,(H,18,22)/t12-/m0/s1. The minimum Gasteiger partial charge on any atom is -0.491 e. The van der Waals surface area contributed by atoms with Gasteiger partial charge in [0.25, 0.3) is 5.91 Å². The van der Waals surface area contributed by atoms with E-state index in [0.29, 0.717) is 18.6 Å². The van der Waals surface area contributed by atoms with E-state index in [0.717, 1.165) is 11.3 Å². The molecule has 1 aliphatic heterocycles. The molecule has 2 rings (SSSR count). The van der Waals surface area contributed by atoms with Crippen molar-refractivity contribution in [3.05, 3.63) is 29.8 Å². The number of nitrogens with zero attached hydrogens (tertiary/aromatic N) is 2. The molecule has 0 radical (unpaired) electrons. The van der Waals surface area contributed by atoms with Gasteiger partial charge in [0.05, 0.1) is 12.1 Å². The Morgan fingerprint density at radius 2 is 1.96 bits per heavy atom. The van der Waals surface area contributed by atoms with E-state index in [2.05, 4.69) is 10.4 Å². The Bertz CT molecular complexity index is 625. The summed E-state index contributed by atoms with van der Waals surface area (Å²) in [5.74, 6) is 0.426. The van der Waals surface area contributed by atoms with Gasteiger partial charge in [-0.25, -0.2) is 5.01 Å². The van der Waals surface area contributed by atoms with E-state index in [1.807, 2.05) is 45.0 Å². The van der Waals surface area contributed by atoms with Gasteiger partial charge in [-0.2, -0.15) is 5.10 Å². The van der Waals surface area contributed by atoms with Crippen molar-refractivity contribution >= 4 is 17.5 Å². The van der Waals surface area contributed by atoms with Crippen LogP contribution >= 0.6 is 0 Å². The third-order valence-electron chi connectivity index (χ3n) is 3.57. The molecule has 0 aliphatic carbocycles. The van der Waals surface area contributed by atoms with Crippen molar-refractivity contribution in [3.63, 3.8) is 0 Å². The molecule has 1 N–H and O–H groups in total. The summed E-state index contributed by atoms with van der Waals surface area (Å²) < 4.78 is 5.79. The van der Waals surface area contributed by atoms with E-state index >= 15 is 0 Å². The third-order valence-corrected chi connectivity index (χ3v) is 3.57. The Kier molecular flexibility index (Phi) is 5.36. The first kappa shape index (κ1) is 17.0. The molecule has 0 bridgehead atoms. The normalized spacial score (nSPS) is 16.1. The number of ether oxygens (including phenoxy) is 1. The maximum atomic E-state index is 12.3. The van der Waals surface area contributed by atoms with Gasteiger partial charge in [0.2, 0.25) is 5.91 Å². The van der Waals surface area contributed by atoms with Crippen LogP contribution in [-0.2, 0) is 9.59 Å². The number of hydrazone groups is 1. The number of carbonyl (C=O) groups is 2. The lowest BCUT2D eigenvalue weighted by atomic mass is 10.1. The molecule has 124 valence electrons. The van der Waals surface area contributed by atoms with Gasteiger partial charge >= 0.3 is 0 Å². The zero-order chi connectivity index (χ0) is 17.0. The van der Waals surface area contributed by atoms with E-state index in [4.69, 9.17) is 4.74 Å². The Balaban J connectivity index is 2.10. The number of hydrogen-bond acceptors (Lipinski definition) is 4. The van der Waals surface area contributed by atoms with Gasteiger partial charge in [-0.05, 0) is 26.8 Å². The number of carbonyl (C=O) groups excluding carboxylic acids is 2. The van der Waals surface area contributed by atoms with Crippen molar-refractivity contribution in [1.29, 1.82) is 0 Å². The van der Waals surface area contributed by atoms with Crippen LogP contribution in [0.5, 0.6) is 5.75 Å². The second-order valence-corrected chi connectivity index (χ2v) is 5.86. The molecule has 23 heavy (non-hydrogen) atoms. The molecule has 0 unspecified atom stereocenters. The molecule has 0 spiro atoms. The van der Waals surface area contributed by atoms with Crippen LogP contribution in [0, 0.1) is 0 Å². The van der Waals surface area contributed by atoms with Gasteiger partial charge < -0.3 is 10.1 Å². The Hall–Kier alpha value is -2.37. The highest BCUT2D eigenvalue weighted by Crippen LogP contribution is 2.25. The fraction of sp³-hybridized carbons (Fsp3) is 0.471. The summed E-state index contributed by atoms with van der Waals surface area (Å²) in [4.78, 5) is 23.8. The fourth-order valence-corrected chi connectivity index (χ4v) is 2.39. The van der Waals surface area contributed by atoms with Gasteiger partial charge in [-0.15, -0.1) is 0 Å². The minimum atomic E-state index is -0.254. The van der Waals surface area contributed by atoms with Gasteiger partial charge in [0, 0.05) is 25.5 Å². The Labute approximate surface area is 136 Å². The van der Waals surface area contributed by atoms with Crippen molar-refractivity contribution in [2.75, 3.05) is 7.05 Å². The summed E-state index contributed by atoms with van der Waals surface area (Å²) in [6, 6.07) is 7.42. The molecule has 0 saturated heterocycles. The maximum absolute atomic E-state index is 12.3. The second-order valence-electron chi connectivity index (χ2n) is 5.86. The van der Waals surface area contributed by atoms with Crippen LogP contribution in [-0.4, -0.2) is 35.7 Å². The lowest BCUT2D eigenvalue weighted by Gasteiger charge is -2.22. The average molecular weight is 317 g/mol. The van der Waals surface area contributed by atoms with Crippen molar-refractivity contribution < 1.29 is 14.3 Å². The van der Waals surface area contributed by atoms with E-state index in [1.54, 1.807) is 7.05 Å². The fourth-order valence-electron chi connectivity index (χ4n) is 2.39. The minimum absolute atomic E-state index is 0.0569. The van der Waals surface area contributed by atoms with Gasteiger partial charge in [0.1, 0.15) is 11.5 Å². The molecule has 1 aromatic carbocycles. The topological polar surface area (TPSA) is 71.0 Å². The van der Waals surface area contributed by atoms with Crippen LogP contribution in [0.2, 0.25) is 0 Å². The van der Waals surface area contributed by atoms with Crippen LogP contribution in [0.4, 0.5) is 0 Å².